The SMILES string of the molecule is O=C1CC(SC(=NCCO)Nc2ccccc2)C(=O)N1c1ccccc1. The Bertz CT molecular complexity index is 796. The number of carbonyl (C=O) groups is 2. The number of amides is 2. The van der Waals surface area contributed by atoms with Crippen LogP contribution in [0.1, 0.15) is 6.42 Å². The van der Waals surface area contributed by atoms with Crippen molar-refractivity contribution >= 4 is 40.1 Å². The van der Waals surface area contributed by atoms with Gasteiger partial charge in [0, 0.05) is 12.1 Å². The predicted molar refractivity (Wildman–Crippen MR) is 104 cm³/mol. The average molecular weight is 369 g/mol. The normalized spacial score (nSPS) is 17.7. The van der Waals surface area contributed by atoms with Crippen LogP contribution in [0, 0.1) is 0 Å². The van der Waals surface area contributed by atoms with E-state index in [1.54, 1.807) is 24.3 Å². The number of carbonyl (C=O) groups excluding carboxylic acids is 2. The van der Waals surface area contributed by atoms with Crippen molar-refractivity contribution in [2.75, 3.05) is 23.4 Å². The van der Waals surface area contributed by atoms with E-state index in [0.29, 0.717) is 10.9 Å². The number of aliphatic imine (C=N–C) groups is 1. The first-order valence-corrected chi connectivity index (χ1v) is 9.13. The van der Waals surface area contributed by atoms with Gasteiger partial charge in [-0.15, -0.1) is 0 Å². The number of anilines is 2. The maximum Gasteiger partial charge on any atom is 0.247 e. The highest BCUT2D eigenvalue weighted by atomic mass is 32.2. The van der Waals surface area contributed by atoms with Crippen molar-refractivity contribution < 1.29 is 14.7 Å². The molecule has 1 aliphatic heterocycles. The molecule has 2 amide bonds. The van der Waals surface area contributed by atoms with E-state index in [2.05, 4.69) is 10.3 Å². The number of thioether (sulfide) groups is 1. The average Bonchev–Trinajstić information content (AvgIpc) is 2.94. The summed E-state index contributed by atoms with van der Waals surface area (Å²) in [5, 5.41) is 12.2. The van der Waals surface area contributed by atoms with Crippen LogP contribution >= 0.6 is 11.8 Å². The third kappa shape index (κ3) is 4.30. The van der Waals surface area contributed by atoms with E-state index in [-0.39, 0.29) is 31.4 Å². The summed E-state index contributed by atoms with van der Waals surface area (Å²) in [6.07, 6.45) is 0.118. The molecule has 0 bridgehead atoms. The van der Waals surface area contributed by atoms with Gasteiger partial charge in [-0.05, 0) is 24.3 Å². The van der Waals surface area contributed by atoms with Crippen molar-refractivity contribution in [2.24, 2.45) is 4.99 Å². The number of aliphatic hydroxyl groups is 1. The van der Waals surface area contributed by atoms with Gasteiger partial charge in [0.2, 0.25) is 11.8 Å². The topological polar surface area (TPSA) is 82.0 Å². The van der Waals surface area contributed by atoms with Crippen LogP contribution in [-0.2, 0) is 9.59 Å². The smallest absolute Gasteiger partial charge is 0.247 e. The van der Waals surface area contributed by atoms with Crippen molar-refractivity contribution in [1.82, 2.24) is 0 Å². The fourth-order valence-corrected chi connectivity index (χ4v) is 3.63. The Morgan fingerprint density at radius 1 is 1.12 bits per heavy atom. The van der Waals surface area contributed by atoms with Crippen LogP contribution in [0.4, 0.5) is 11.4 Å². The number of imide groups is 1. The number of nitrogens with zero attached hydrogens (tertiary/aromatic N) is 2. The summed E-state index contributed by atoms with van der Waals surface area (Å²) in [7, 11) is 0. The van der Waals surface area contributed by atoms with Gasteiger partial charge in [-0.2, -0.15) is 0 Å². The second-order valence-corrected chi connectivity index (χ2v) is 6.81. The van der Waals surface area contributed by atoms with Crippen molar-refractivity contribution in [2.45, 2.75) is 11.7 Å². The summed E-state index contributed by atoms with van der Waals surface area (Å²) in [6, 6.07) is 18.3. The van der Waals surface area contributed by atoms with Gasteiger partial charge in [0.1, 0.15) is 5.25 Å². The number of hydrogen-bond acceptors (Lipinski definition) is 5. The lowest BCUT2D eigenvalue weighted by atomic mass is 10.3. The second-order valence-electron chi connectivity index (χ2n) is 5.62. The number of para-hydroxylation sites is 2. The minimum atomic E-state index is -0.545. The largest absolute Gasteiger partial charge is 0.394 e. The summed E-state index contributed by atoms with van der Waals surface area (Å²) in [4.78, 5) is 30.6. The molecule has 1 heterocycles. The molecule has 2 aromatic carbocycles. The van der Waals surface area contributed by atoms with Gasteiger partial charge < -0.3 is 10.4 Å². The molecular formula is C19H19N3O3S. The molecule has 26 heavy (non-hydrogen) atoms. The fourth-order valence-electron chi connectivity index (χ4n) is 2.58. The van der Waals surface area contributed by atoms with E-state index in [0.717, 1.165) is 5.69 Å². The molecule has 1 atom stereocenters. The highest BCUT2D eigenvalue weighted by molar-refractivity contribution is 8.15. The quantitative estimate of drug-likeness (QED) is 0.481. The Labute approximate surface area is 155 Å². The first-order chi connectivity index (χ1) is 12.7. The molecule has 0 spiro atoms. The molecule has 134 valence electrons. The molecule has 1 unspecified atom stereocenters. The molecule has 1 aliphatic rings. The number of nitrogens with one attached hydrogen (secondary N) is 1. The van der Waals surface area contributed by atoms with Crippen LogP contribution in [0.5, 0.6) is 0 Å². The minimum absolute atomic E-state index is 0.0891. The van der Waals surface area contributed by atoms with Crippen molar-refractivity contribution in [3.8, 4) is 0 Å². The predicted octanol–water partition coefficient (Wildman–Crippen LogP) is 2.51. The van der Waals surface area contributed by atoms with Gasteiger partial charge in [-0.3, -0.25) is 14.6 Å². The second kappa shape index (κ2) is 8.64. The molecule has 7 heteroatoms. The molecule has 2 N–H and O–H groups in total. The first kappa shape index (κ1) is 18.2. The molecule has 1 fully saturated rings. The van der Waals surface area contributed by atoms with Gasteiger partial charge >= 0.3 is 0 Å². The van der Waals surface area contributed by atoms with E-state index in [4.69, 9.17) is 5.11 Å². The maximum atomic E-state index is 12.7. The zero-order chi connectivity index (χ0) is 18.4. The summed E-state index contributed by atoms with van der Waals surface area (Å²) < 4.78 is 0. The molecule has 3 rings (SSSR count). The van der Waals surface area contributed by atoms with Crippen LogP contribution in [0.3, 0.4) is 0 Å². The summed E-state index contributed by atoms with van der Waals surface area (Å²) in [6.45, 7) is 0.133. The van der Waals surface area contributed by atoms with E-state index >= 15 is 0 Å². The number of amidine groups is 1. The Morgan fingerprint density at radius 2 is 1.77 bits per heavy atom. The monoisotopic (exact) mass is 369 g/mol. The van der Waals surface area contributed by atoms with Crippen LogP contribution < -0.4 is 10.2 Å². The lowest BCUT2D eigenvalue weighted by Gasteiger charge is -2.15. The Hall–Kier alpha value is -2.64. The molecule has 0 saturated carbocycles. The van der Waals surface area contributed by atoms with Gasteiger partial charge in [-0.25, -0.2) is 4.90 Å². The van der Waals surface area contributed by atoms with Crippen molar-refractivity contribution in [1.29, 1.82) is 0 Å². The minimum Gasteiger partial charge on any atom is -0.394 e. The van der Waals surface area contributed by atoms with Gasteiger partial charge in [-0.1, -0.05) is 48.2 Å². The van der Waals surface area contributed by atoms with E-state index in [1.165, 1.54) is 16.7 Å². The molecular weight excluding hydrogens is 350 g/mol. The maximum absolute atomic E-state index is 12.7. The molecule has 1 saturated heterocycles. The number of benzene rings is 2. The molecule has 6 nitrogen and oxygen atoms in total. The fraction of sp³-hybridized carbons (Fsp3) is 0.211. The van der Waals surface area contributed by atoms with Crippen LogP contribution in [-0.4, -0.2) is 40.5 Å². The van der Waals surface area contributed by atoms with Crippen LogP contribution in [0.15, 0.2) is 65.7 Å². The third-order valence-electron chi connectivity index (χ3n) is 3.75. The van der Waals surface area contributed by atoms with Crippen molar-refractivity contribution in [3.63, 3.8) is 0 Å². The van der Waals surface area contributed by atoms with Crippen LogP contribution in [0.25, 0.3) is 0 Å². The Morgan fingerprint density at radius 3 is 2.42 bits per heavy atom. The van der Waals surface area contributed by atoms with E-state index in [9.17, 15) is 9.59 Å². The lowest BCUT2D eigenvalue weighted by molar-refractivity contribution is -0.121. The Balaban J connectivity index is 1.75. The highest BCUT2D eigenvalue weighted by Gasteiger charge is 2.40. The molecule has 0 radical (unpaired) electrons. The number of hydrogen-bond donors (Lipinski definition) is 2. The van der Waals surface area contributed by atoms with Gasteiger partial charge in [0.15, 0.2) is 5.17 Å². The molecule has 0 aromatic heterocycles. The zero-order valence-electron chi connectivity index (χ0n) is 14.0. The highest BCUT2D eigenvalue weighted by Crippen LogP contribution is 2.30. The lowest BCUT2D eigenvalue weighted by Crippen LogP contribution is -2.31. The number of aliphatic hydroxyl groups excluding tert-OH is 1. The molecule has 0 aliphatic carbocycles. The van der Waals surface area contributed by atoms with E-state index in [1.807, 2.05) is 36.4 Å². The first-order valence-electron chi connectivity index (χ1n) is 8.25. The third-order valence-corrected chi connectivity index (χ3v) is 4.86. The van der Waals surface area contributed by atoms with Gasteiger partial charge in [0.05, 0.1) is 18.8 Å². The van der Waals surface area contributed by atoms with Gasteiger partial charge in [0.25, 0.3) is 0 Å². The Kier molecular flexibility index (Phi) is 6.04. The van der Waals surface area contributed by atoms with Crippen LogP contribution in [0.2, 0.25) is 0 Å². The number of rotatable bonds is 5. The molecule has 2 aromatic rings. The summed E-state index contributed by atoms with van der Waals surface area (Å²) in [5.41, 5.74) is 1.41. The summed E-state index contributed by atoms with van der Waals surface area (Å²) in [5.74, 6) is -0.474. The standard InChI is InChI=1S/C19H19N3O3S/c23-12-11-20-19(21-14-7-3-1-4-8-14)26-16-13-17(24)22(18(16)25)15-9-5-2-6-10-15/h1-10,16,23H,11-13H2,(H,20,21). The summed E-state index contributed by atoms with van der Waals surface area (Å²) >= 11 is 1.21. The van der Waals surface area contributed by atoms with E-state index < -0.39 is 5.25 Å². The van der Waals surface area contributed by atoms with Crippen molar-refractivity contribution in [3.05, 3.63) is 60.7 Å². The zero-order valence-corrected chi connectivity index (χ0v) is 14.9.